The molecule has 0 N–H and O–H groups in total. The molecule has 50 heavy (non-hydrogen) atoms. The van der Waals surface area contributed by atoms with E-state index in [-0.39, 0.29) is 33.2 Å². The Labute approximate surface area is 307 Å². The number of nitrogens with zero attached hydrogens (tertiary/aromatic N) is 4. The Kier molecular flexibility index (Phi) is 11.1. The Morgan fingerprint density at radius 3 is 1.00 bits per heavy atom. The highest BCUT2D eigenvalue weighted by molar-refractivity contribution is 6.36. The molecule has 2 aliphatic rings. The average molecular weight is 712 g/mol. The van der Waals surface area contributed by atoms with Crippen molar-refractivity contribution in [3.8, 4) is 11.1 Å². The van der Waals surface area contributed by atoms with Gasteiger partial charge < -0.3 is 0 Å². The number of carbonyl (C=O) groups is 2. The van der Waals surface area contributed by atoms with E-state index in [1.54, 1.807) is 24.5 Å². The van der Waals surface area contributed by atoms with Crippen molar-refractivity contribution in [2.45, 2.75) is 83.1 Å². The quantitative estimate of drug-likeness (QED) is 0.289. The Bertz CT molecular complexity index is 1760. The molecule has 4 rings (SSSR count). The first-order valence-corrected chi connectivity index (χ1v) is 17.5. The van der Waals surface area contributed by atoms with Gasteiger partial charge in [-0.1, -0.05) is 118 Å². The molecule has 0 radical (unpaired) electrons. The van der Waals surface area contributed by atoms with Gasteiger partial charge in [-0.15, -0.1) is 0 Å². The molecule has 0 amide bonds. The molecule has 2 aromatic carbocycles. The van der Waals surface area contributed by atoms with Crippen molar-refractivity contribution in [2.75, 3.05) is 0 Å². The molecule has 0 atom stereocenters. The summed E-state index contributed by atoms with van der Waals surface area (Å²) in [5.41, 5.74) is 6.06. The summed E-state index contributed by atoms with van der Waals surface area (Å²) in [6.07, 6.45) is 10.9. The number of carbonyl (C=O) groups excluding carboxylic acids is 2. The molecule has 8 heteroatoms. The minimum Gasteiger partial charge on any atom is -0.289 e. The summed E-state index contributed by atoms with van der Waals surface area (Å²) in [7, 11) is 0. The Morgan fingerprint density at radius 2 is 0.760 bits per heavy atom. The van der Waals surface area contributed by atoms with Crippen LogP contribution >= 0.6 is 23.2 Å². The van der Waals surface area contributed by atoms with Gasteiger partial charge in [0.1, 0.15) is 0 Å². The van der Waals surface area contributed by atoms with Gasteiger partial charge in [0, 0.05) is 33.4 Å². The number of azo groups is 2. The predicted octanol–water partition coefficient (Wildman–Crippen LogP) is 13.7. The summed E-state index contributed by atoms with van der Waals surface area (Å²) in [4.78, 5) is 26.4. The number of halogens is 2. The van der Waals surface area contributed by atoms with Crippen LogP contribution in [0.2, 0.25) is 10.0 Å². The standard InChI is InChI=1S/C42H48Cl2N4O2/c1-39(2,3)31-17-25(18-32(37(31)49)40(4,5)6)23-45-47-27-13-15-29(35(43)21-27)30-16-14-28(22-36(30)44)48-46-24-26-19-33(41(7,8)9)38(50)34(20-26)42(10,11)12/h13-24H,1-12H3/b47-45+,48-46+. The van der Waals surface area contributed by atoms with Crippen LogP contribution in [-0.2, 0) is 9.59 Å². The second kappa shape index (κ2) is 14.3. The average Bonchev–Trinajstić information content (AvgIpc) is 2.97. The molecular formula is C42H48Cl2N4O2. The maximum Gasteiger partial charge on any atom is 0.186 e. The van der Waals surface area contributed by atoms with Crippen molar-refractivity contribution in [1.29, 1.82) is 0 Å². The van der Waals surface area contributed by atoms with Crippen LogP contribution in [0, 0.1) is 21.7 Å². The van der Waals surface area contributed by atoms with Gasteiger partial charge in [-0.25, -0.2) is 0 Å². The summed E-state index contributed by atoms with van der Waals surface area (Å²) in [6, 6.07) is 10.8. The van der Waals surface area contributed by atoms with Crippen molar-refractivity contribution in [3.63, 3.8) is 0 Å². The van der Waals surface area contributed by atoms with Gasteiger partial charge >= 0.3 is 0 Å². The number of ketones is 2. The summed E-state index contributed by atoms with van der Waals surface area (Å²) in [5, 5.41) is 18.3. The van der Waals surface area contributed by atoms with Crippen LogP contribution in [0.3, 0.4) is 0 Å². The zero-order valence-corrected chi connectivity index (χ0v) is 32.8. The summed E-state index contributed by atoms with van der Waals surface area (Å²) < 4.78 is 0. The Morgan fingerprint density at radius 1 is 0.480 bits per heavy atom. The van der Waals surface area contributed by atoms with Gasteiger partial charge in [0.15, 0.2) is 11.6 Å². The molecule has 2 aliphatic carbocycles. The second-order valence-electron chi connectivity index (χ2n) is 16.9. The third-order valence-corrected chi connectivity index (χ3v) is 9.04. The summed E-state index contributed by atoms with van der Waals surface area (Å²) in [6.45, 7) is 24.4. The van der Waals surface area contributed by atoms with Crippen molar-refractivity contribution < 1.29 is 9.59 Å². The molecule has 0 aromatic heterocycles. The highest BCUT2D eigenvalue weighted by Crippen LogP contribution is 2.41. The zero-order valence-electron chi connectivity index (χ0n) is 31.3. The predicted molar refractivity (Wildman–Crippen MR) is 207 cm³/mol. The number of benzene rings is 2. The fourth-order valence-corrected chi connectivity index (χ4v) is 6.13. The normalized spacial score (nSPS) is 16.5. The van der Waals surface area contributed by atoms with Crippen molar-refractivity contribution in [2.24, 2.45) is 42.1 Å². The van der Waals surface area contributed by atoms with Gasteiger partial charge in [0.05, 0.1) is 33.8 Å². The van der Waals surface area contributed by atoms with E-state index in [4.69, 9.17) is 23.2 Å². The maximum absolute atomic E-state index is 13.2. The molecule has 0 fully saturated rings. The first-order valence-electron chi connectivity index (χ1n) is 16.8. The van der Waals surface area contributed by atoms with E-state index in [0.29, 0.717) is 21.4 Å². The molecule has 2 aromatic rings. The fraction of sp³-hybridized carbons (Fsp3) is 0.381. The number of hydrogen-bond donors (Lipinski definition) is 0. The lowest BCUT2D eigenvalue weighted by atomic mass is 9.72. The highest BCUT2D eigenvalue weighted by Gasteiger charge is 2.35. The molecule has 262 valence electrons. The van der Waals surface area contributed by atoms with E-state index >= 15 is 0 Å². The molecule has 6 nitrogen and oxygen atoms in total. The summed E-state index contributed by atoms with van der Waals surface area (Å²) >= 11 is 13.4. The van der Waals surface area contributed by atoms with Crippen LogP contribution in [0.15, 0.2) is 127 Å². The number of Topliss-reactive ketones (excluding diaryl/α,β-unsaturated/α-hetero) is 2. The van der Waals surface area contributed by atoms with Crippen molar-refractivity contribution in [1.82, 2.24) is 0 Å². The van der Waals surface area contributed by atoms with E-state index in [0.717, 1.165) is 44.6 Å². The SMILES string of the molecule is CC(C)(C)C1=CC(=C/N=N/c2ccc(-c3ccc(/N=N/C=C4C=C(C(C)(C)C)C(=O)C(C(C)(C)C)=C4)cc3Cl)c(Cl)c2)C=C(C(C)(C)C)C1=O. The molecule has 0 heterocycles. The van der Waals surface area contributed by atoms with E-state index in [2.05, 4.69) is 20.5 Å². The van der Waals surface area contributed by atoms with Crippen LogP contribution in [-0.4, -0.2) is 11.6 Å². The monoisotopic (exact) mass is 710 g/mol. The van der Waals surface area contributed by atoms with Crippen molar-refractivity contribution >= 4 is 46.1 Å². The summed E-state index contributed by atoms with van der Waals surface area (Å²) in [5.74, 6) is 0.150. The smallest absolute Gasteiger partial charge is 0.186 e. The molecular weight excluding hydrogens is 663 g/mol. The van der Waals surface area contributed by atoms with Gasteiger partial charge in [0.25, 0.3) is 0 Å². The van der Waals surface area contributed by atoms with Crippen LogP contribution in [0.1, 0.15) is 83.1 Å². The Balaban J connectivity index is 1.55. The van der Waals surface area contributed by atoms with Gasteiger partial charge in [-0.3, -0.25) is 9.59 Å². The first kappa shape index (κ1) is 38.8. The van der Waals surface area contributed by atoms with Crippen LogP contribution in [0.4, 0.5) is 11.4 Å². The molecule has 0 saturated heterocycles. The zero-order chi connectivity index (χ0) is 37.4. The largest absolute Gasteiger partial charge is 0.289 e. The fourth-order valence-electron chi connectivity index (χ4n) is 5.57. The maximum atomic E-state index is 13.2. The highest BCUT2D eigenvalue weighted by atomic mass is 35.5. The number of rotatable bonds is 5. The minimum absolute atomic E-state index is 0.0750. The Hall–Kier alpha value is -4.00. The van der Waals surface area contributed by atoms with Crippen LogP contribution in [0.25, 0.3) is 11.1 Å². The van der Waals surface area contributed by atoms with E-state index in [9.17, 15) is 9.59 Å². The molecule has 0 aliphatic heterocycles. The second-order valence-corrected chi connectivity index (χ2v) is 17.7. The third kappa shape index (κ3) is 9.21. The molecule has 0 spiro atoms. The topological polar surface area (TPSA) is 83.6 Å². The van der Waals surface area contributed by atoms with E-state index < -0.39 is 0 Å². The van der Waals surface area contributed by atoms with E-state index in [1.165, 1.54) is 0 Å². The van der Waals surface area contributed by atoms with Gasteiger partial charge in [-0.05, 0) is 81.4 Å². The third-order valence-electron chi connectivity index (χ3n) is 8.41. The molecule has 0 bridgehead atoms. The minimum atomic E-state index is -0.305. The van der Waals surface area contributed by atoms with Gasteiger partial charge in [0.2, 0.25) is 0 Å². The van der Waals surface area contributed by atoms with Crippen LogP contribution < -0.4 is 0 Å². The van der Waals surface area contributed by atoms with Crippen LogP contribution in [0.5, 0.6) is 0 Å². The van der Waals surface area contributed by atoms with E-state index in [1.807, 2.05) is 132 Å². The van der Waals surface area contributed by atoms with Gasteiger partial charge in [-0.2, -0.15) is 20.5 Å². The lowest BCUT2D eigenvalue weighted by Crippen LogP contribution is -2.27. The lowest BCUT2D eigenvalue weighted by molar-refractivity contribution is -0.114. The molecule has 0 saturated carbocycles. The lowest BCUT2D eigenvalue weighted by Gasteiger charge is -2.31. The number of hydrogen-bond acceptors (Lipinski definition) is 6. The van der Waals surface area contributed by atoms with Crippen molar-refractivity contribution in [3.05, 3.63) is 117 Å². The first-order chi connectivity index (χ1) is 23.0. The molecule has 0 unspecified atom stereocenters. The number of allylic oxidation sites excluding steroid dienone is 10.